The third-order valence-electron chi connectivity index (χ3n) is 9.56. The molecule has 0 unspecified atom stereocenters. The predicted octanol–water partition coefficient (Wildman–Crippen LogP) is 4.31. The maximum atomic E-state index is 10.6. The number of aliphatic hydroxyl groups excluding tert-OH is 2. The van der Waals surface area contributed by atoms with Crippen molar-refractivity contribution in [3.05, 3.63) is 12.2 Å². The lowest BCUT2D eigenvalue weighted by Crippen LogP contribution is -2.55. The van der Waals surface area contributed by atoms with Crippen LogP contribution in [0.1, 0.15) is 71.1 Å². The molecule has 0 aliphatic heterocycles. The van der Waals surface area contributed by atoms with Gasteiger partial charge < -0.3 is 10.2 Å². The molecular weight excluding hydrogens is 296 g/mol. The van der Waals surface area contributed by atoms with E-state index in [9.17, 15) is 10.2 Å². The van der Waals surface area contributed by atoms with Gasteiger partial charge in [-0.25, -0.2) is 0 Å². The molecule has 5 aliphatic rings. The summed E-state index contributed by atoms with van der Waals surface area (Å²) in [6, 6.07) is 0. The third kappa shape index (κ3) is 1.96. The first-order valence-corrected chi connectivity index (χ1v) is 10.6. The van der Waals surface area contributed by atoms with Gasteiger partial charge in [0.05, 0.1) is 12.2 Å². The second kappa shape index (κ2) is 5.33. The van der Waals surface area contributed by atoms with Gasteiger partial charge in [-0.15, -0.1) is 0 Å². The van der Waals surface area contributed by atoms with Crippen molar-refractivity contribution in [3.63, 3.8) is 0 Å². The highest BCUT2D eigenvalue weighted by Crippen LogP contribution is 2.69. The fourth-order valence-electron chi connectivity index (χ4n) is 8.47. The van der Waals surface area contributed by atoms with E-state index < -0.39 is 0 Å². The van der Waals surface area contributed by atoms with Gasteiger partial charge >= 0.3 is 0 Å². The first-order chi connectivity index (χ1) is 11.5. The average Bonchev–Trinajstić information content (AvgIpc) is 2.96. The Morgan fingerprint density at radius 3 is 2.58 bits per heavy atom. The Bertz CT molecular complexity index is 542. The van der Waals surface area contributed by atoms with Crippen molar-refractivity contribution in [1.82, 2.24) is 0 Å². The molecule has 0 aromatic rings. The van der Waals surface area contributed by atoms with Gasteiger partial charge in [-0.2, -0.15) is 0 Å². The molecule has 9 atom stereocenters. The summed E-state index contributed by atoms with van der Waals surface area (Å²) in [5.41, 5.74) is 0.801. The van der Waals surface area contributed by atoms with E-state index in [-0.39, 0.29) is 12.2 Å². The Kier molecular flexibility index (Phi) is 3.53. The first-order valence-electron chi connectivity index (χ1n) is 10.6. The van der Waals surface area contributed by atoms with E-state index in [1.165, 1.54) is 44.9 Å². The molecule has 1 spiro atoms. The molecule has 0 heterocycles. The maximum Gasteiger partial charge on any atom is 0.0611 e. The summed E-state index contributed by atoms with van der Waals surface area (Å²) >= 11 is 0. The number of hydrogen-bond donors (Lipinski definition) is 2. The number of fused-ring (bicyclic) bond motifs is 4. The molecule has 24 heavy (non-hydrogen) atoms. The van der Waals surface area contributed by atoms with E-state index in [0.29, 0.717) is 16.7 Å². The normalized spacial score (nSPS) is 59.2. The predicted molar refractivity (Wildman–Crippen MR) is 95.3 cm³/mol. The molecule has 0 radical (unpaired) electrons. The summed E-state index contributed by atoms with van der Waals surface area (Å²) in [7, 11) is 0. The highest BCUT2D eigenvalue weighted by molar-refractivity contribution is 5.20. The van der Waals surface area contributed by atoms with Gasteiger partial charge in [-0.05, 0) is 105 Å². The van der Waals surface area contributed by atoms with Crippen LogP contribution in [0, 0.1) is 40.4 Å². The van der Waals surface area contributed by atoms with Crippen LogP contribution in [0.5, 0.6) is 0 Å². The Morgan fingerprint density at radius 1 is 0.875 bits per heavy atom. The van der Waals surface area contributed by atoms with Crippen LogP contribution < -0.4 is 0 Å². The number of hydrogen-bond acceptors (Lipinski definition) is 2. The number of rotatable bonds is 0. The van der Waals surface area contributed by atoms with Gasteiger partial charge in [0.25, 0.3) is 0 Å². The zero-order valence-electron chi connectivity index (χ0n) is 15.2. The van der Waals surface area contributed by atoms with Crippen molar-refractivity contribution in [3.8, 4) is 0 Å². The van der Waals surface area contributed by atoms with Crippen molar-refractivity contribution in [2.45, 2.75) is 83.3 Å². The lowest BCUT2D eigenvalue weighted by atomic mass is 9.44. The standard InChI is InChI=1S/C22H34O2/c1-21-11-8-15(23)13-14(21)4-5-16-17(21)9-12-22-10-2-3-20(24)19(22)7-6-18(16)22/h2,10,14-20,23-24H,3-9,11-13H2,1H3/t14-,15-,16-,17+,18+,19-,20-,21+,22-/m1/s1. The van der Waals surface area contributed by atoms with Crippen LogP contribution in [-0.4, -0.2) is 22.4 Å². The second-order valence-electron chi connectivity index (χ2n) is 10.1. The molecule has 0 aromatic heterocycles. The Morgan fingerprint density at radius 2 is 1.71 bits per heavy atom. The molecular formula is C22H34O2. The molecule has 4 fully saturated rings. The van der Waals surface area contributed by atoms with Crippen LogP contribution in [0.4, 0.5) is 0 Å². The molecule has 5 rings (SSSR count). The van der Waals surface area contributed by atoms with E-state index in [1.54, 1.807) is 0 Å². The summed E-state index contributed by atoms with van der Waals surface area (Å²) in [6.45, 7) is 2.57. The van der Waals surface area contributed by atoms with Crippen LogP contribution in [0.2, 0.25) is 0 Å². The molecule has 0 bridgehead atoms. The van der Waals surface area contributed by atoms with Gasteiger partial charge in [0.15, 0.2) is 0 Å². The molecule has 134 valence electrons. The summed E-state index contributed by atoms with van der Waals surface area (Å²) < 4.78 is 0. The molecule has 2 nitrogen and oxygen atoms in total. The first kappa shape index (κ1) is 15.9. The van der Waals surface area contributed by atoms with Gasteiger partial charge in [0.2, 0.25) is 0 Å². The minimum atomic E-state index is -0.0895. The van der Waals surface area contributed by atoms with Crippen LogP contribution in [-0.2, 0) is 0 Å². The zero-order chi connectivity index (χ0) is 16.5. The van der Waals surface area contributed by atoms with Crippen LogP contribution in [0.15, 0.2) is 12.2 Å². The molecule has 0 saturated heterocycles. The monoisotopic (exact) mass is 330 g/mol. The van der Waals surface area contributed by atoms with E-state index in [4.69, 9.17) is 0 Å². The minimum Gasteiger partial charge on any atom is -0.393 e. The fourth-order valence-corrected chi connectivity index (χ4v) is 8.47. The summed E-state index contributed by atoms with van der Waals surface area (Å²) in [6.07, 6.45) is 16.9. The second-order valence-corrected chi connectivity index (χ2v) is 10.1. The van der Waals surface area contributed by atoms with Crippen LogP contribution >= 0.6 is 0 Å². The molecule has 2 N–H and O–H groups in total. The van der Waals surface area contributed by atoms with E-state index >= 15 is 0 Å². The Balaban J connectivity index is 1.47. The van der Waals surface area contributed by atoms with Crippen molar-refractivity contribution in [2.24, 2.45) is 40.4 Å². The van der Waals surface area contributed by atoms with Crippen molar-refractivity contribution in [1.29, 1.82) is 0 Å². The van der Waals surface area contributed by atoms with Gasteiger partial charge in [-0.1, -0.05) is 19.1 Å². The van der Waals surface area contributed by atoms with E-state index in [2.05, 4.69) is 19.1 Å². The quantitative estimate of drug-likeness (QED) is 0.650. The lowest BCUT2D eigenvalue weighted by Gasteiger charge is -2.61. The molecule has 4 saturated carbocycles. The Hall–Kier alpha value is -0.340. The molecule has 2 heteroatoms. The van der Waals surface area contributed by atoms with Crippen molar-refractivity contribution in [2.75, 3.05) is 0 Å². The number of allylic oxidation sites excluding steroid dienone is 1. The lowest BCUT2D eigenvalue weighted by molar-refractivity contribution is -0.127. The largest absolute Gasteiger partial charge is 0.393 e. The van der Waals surface area contributed by atoms with E-state index in [0.717, 1.165) is 42.9 Å². The van der Waals surface area contributed by atoms with Crippen LogP contribution in [0.3, 0.4) is 0 Å². The van der Waals surface area contributed by atoms with Gasteiger partial charge in [0.1, 0.15) is 0 Å². The average molecular weight is 331 g/mol. The van der Waals surface area contributed by atoms with E-state index in [1.807, 2.05) is 0 Å². The zero-order valence-corrected chi connectivity index (χ0v) is 15.2. The maximum absolute atomic E-state index is 10.6. The van der Waals surface area contributed by atoms with Crippen molar-refractivity contribution >= 4 is 0 Å². The molecule has 0 aromatic carbocycles. The molecule has 0 amide bonds. The van der Waals surface area contributed by atoms with Crippen LogP contribution in [0.25, 0.3) is 0 Å². The smallest absolute Gasteiger partial charge is 0.0611 e. The van der Waals surface area contributed by atoms with Gasteiger partial charge in [-0.3, -0.25) is 0 Å². The highest BCUT2D eigenvalue weighted by Gasteiger charge is 2.62. The Labute approximate surface area is 146 Å². The minimum absolute atomic E-state index is 0.0400. The third-order valence-corrected chi connectivity index (χ3v) is 9.56. The SMILES string of the molecule is C[C@]12CC[C@@H](O)C[C@H]1CC[C@@H]1[C@@H]2CC[C@@]23C=CC[C@@H](O)[C@H]2CC[C@@H]13. The number of aliphatic hydroxyl groups is 2. The molecule has 5 aliphatic carbocycles. The summed E-state index contributed by atoms with van der Waals surface area (Å²) in [5, 5.41) is 20.8. The fraction of sp³-hybridized carbons (Fsp3) is 0.909. The topological polar surface area (TPSA) is 40.5 Å². The summed E-state index contributed by atoms with van der Waals surface area (Å²) in [4.78, 5) is 0. The van der Waals surface area contributed by atoms with Gasteiger partial charge in [0, 0.05) is 0 Å². The van der Waals surface area contributed by atoms with Crippen molar-refractivity contribution < 1.29 is 10.2 Å². The highest BCUT2D eigenvalue weighted by atomic mass is 16.3. The summed E-state index contributed by atoms with van der Waals surface area (Å²) in [5.74, 6) is 3.84.